The molecule has 16 nitrogen and oxygen atoms in total. The van der Waals surface area contributed by atoms with Crippen LogP contribution in [0.3, 0.4) is 0 Å². The van der Waals surface area contributed by atoms with Gasteiger partial charge in [0.1, 0.15) is 23.6 Å². The lowest BCUT2D eigenvalue weighted by atomic mass is 9.77. The van der Waals surface area contributed by atoms with Gasteiger partial charge in [0.05, 0.1) is 33.7 Å². The number of alkyl halides is 3. The monoisotopic (exact) mass is 960 g/mol. The Labute approximate surface area is 394 Å². The number of carbonyl (C=O) groups excluding carboxylic acids is 2. The summed E-state index contributed by atoms with van der Waals surface area (Å²) in [6.45, 7) is 12.3. The molecule has 8 heterocycles. The number of aromatic nitrogens is 4. The summed E-state index contributed by atoms with van der Waals surface area (Å²) in [5.41, 5.74) is 3.38. The van der Waals surface area contributed by atoms with Crippen molar-refractivity contribution in [3.63, 3.8) is 0 Å². The number of nitrogens with one attached hydrogen (secondary N) is 3. The van der Waals surface area contributed by atoms with Gasteiger partial charge >= 0.3 is 11.9 Å². The molecule has 3 atom stereocenters. The van der Waals surface area contributed by atoms with E-state index in [0.29, 0.717) is 60.3 Å². The van der Waals surface area contributed by atoms with Crippen molar-refractivity contribution >= 4 is 62.2 Å². The van der Waals surface area contributed by atoms with Gasteiger partial charge in [0.2, 0.25) is 27.8 Å². The highest BCUT2D eigenvalue weighted by Gasteiger charge is 2.53. The molecular formula is C48H61F3N11O5S+. The third-order valence-corrected chi connectivity index (χ3v) is 16.9. The molecule has 6 aliphatic heterocycles. The van der Waals surface area contributed by atoms with Gasteiger partial charge < -0.3 is 15.1 Å². The van der Waals surface area contributed by atoms with Crippen LogP contribution in [0.2, 0.25) is 0 Å². The average Bonchev–Trinajstić information content (AvgIpc) is 3.51. The summed E-state index contributed by atoms with van der Waals surface area (Å²) in [6.07, 6.45) is 5.36. The van der Waals surface area contributed by atoms with Gasteiger partial charge in [0, 0.05) is 69.5 Å². The second-order valence-corrected chi connectivity index (χ2v) is 22.6. The fraction of sp³-hybridized carbons (Fsp3) is 0.583. The molecule has 0 spiro atoms. The summed E-state index contributed by atoms with van der Waals surface area (Å²) < 4.78 is 77.9. The van der Waals surface area contributed by atoms with Crippen molar-refractivity contribution in [1.82, 2.24) is 34.0 Å². The molecule has 3 unspecified atom stereocenters. The van der Waals surface area contributed by atoms with E-state index in [1.165, 1.54) is 6.07 Å². The zero-order valence-corrected chi connectivity index (χ0v) is 40.1. The summed E-state index contributed by atoms with van der Waals surface area (Å²) >= 11 is 0. The summed E-state index contributed by atoms with van der Waals surface area (Å²) in [6, 6.07) is 8.86. The van der Waals surface area contributed by atoms with Crippen LogP contribution in [0.1, 0.15) is 94.4 Å². The first-order valence-electron chi connectivity index (χ1n) is 24.0. The van der Waals surface area contributed by atoms with Crippen LogP contribution < -0.4 is 30.8 Å². The van der Waals surface area contributed by atoms with Crippen LogP contribution in [0.25, 0.3) is 11.0 Å². The maximum Gasteiger partial charge on any atom is 0.421 e. The number of amides is 2. The van der Waals surface area contributed by atoms with E-state index in [0.717, 1.165) is 94.1 Å². The zero-order valence-electron chi connectivity index (χ0n) is 39.3. The molecule has 6 saturated heterocycles. The number of benzene rings is 2. The van der Waals surface area contributed by atoms with Gasteiger partial charge in [-0.2, -0.15) is 18.2 Å². The largest absolute Gasteiger partial charge is 0.421 e. The molecule has 2 bridgehead atoms. The number of imide groups is 1. The number of sulfonamides is 1. The Kier molecular flexibility index (Phi) is 11.8. The van der Waals surface area contributed by atoms with Crippen LogP contribution in [0.4, 0.5) is 36.3 Å². The number of carbonyl (C=O) groups is 2. The van der Waals surface area contributed by atoms with E-state index in [9.17, 15) is 36.0 Å². The van der Waals surface area contributed by atoms with Gasteiger partial charge in [-0.25, -0.2) is 27.5 Å². The first-order chi connectivity index (χ1) is 32.2. The lowest BCUT2D eigenvalue weighted by molar-refractivity contribution is -0.571. The van der Waals surface area contributed by atoms with Crippen LogP contribution in [0, 0.1) is 25.2 Å². The lowest BCUT2D eigenvalue weighted by Crippen LogP contribution is -2.72. The maximum absolute atomic E-state index is 14.0. The molecule has 3 N–H and O–H groups in total. The van der Waals surface area contributed by atoms with Crippen LogP contribution in [-0.4, -0.2) is 118 Å². The lowest BCUT2D eigenvalue weighted by Gasteiger charge is -2.57. The highest BCUT2D eigenvalue weighted by atomic mass is 32.2. The third-order valence-electron chi connectivity index (χ3n) is 15.4. The Bertz CT molecular complexity index is 2870. The number of piperazine rings is 1. The standard InChI is InChI=1S/C48H60F3N11O5S/c1-28-7-10-38-42(57(5)46(65)62(38)39-11-12-40(63)54-44(39)64)41(28)59-17-13-30(14-18-59)24-58-25-33-22-34(26-58)61(33)32-20-31(21-32)56-68(66,67)35-8-9-37(29(2)19-35)53-45-52-23-36(48(49,50)51)43(55-45)60-16-6-15-47(3,4)27-60/h7-10,19,23-24,30-34,39,56H,6,11-18,20-22,25-27H2,1-5H3,(H-,52,53,54,55,63,64)/p+1. The quantitative estimate of drug-likeness (QED) is 0.138. The van der Waals surface area contributed by atoms with E-state index in [-0.39, 0.29) is 46.1 Å². The molecular weight excluding hydrogens is 900 g/mol. The molecule has 2 aromatic carbocycles. The predicted octanol–water partition coefficient (Wildman–Crippen LogP) is 5.38. The van der Waals surface area contributed by atoms with E-state index in [1.807, 2.05) is 26.0 Å². The molecule has 7 aliphatic rings. The number of fused-ring (bicyclic) bond motifs is 3. The number of anilines is 4. The van der Waals surface area contributed by atoms with Crippen LogP contribution >= 0.6 is 0 Å². The van der Waals surface area contributed by atoms with E-state index >= 15 is 0 Å². The normalized spacial score (nSPS) is 25.8. The molecule has 7 fully saturated rings. The number of halogens is 3. The van der Waals surface area contributed by atoms with Gasteiger partial charge in [0.15, 0.2) is 13.1 Å². The van der Waals surface area contributed by atoms with Crippen molar-refractivity contribution in [2.75, 3.05) is 54.4 Å². The minimum absolute atomic E-state index is 0.00472. The van der Waals surface area contributed by atoms with Crippen LogP contribution in [-0.2, 0) is 32.8 Å². The van der Waals surface area contributed by atoms with Crippen molar-refractivity contribution in [3.05, 3.63) is 63.7 Å². The van der Waals surface area contributed by atoms with Crippen molar-refractivity contribution in [1.29, 1.82) is 0 Å². The number of nitrogens with zero attached hydrogens (tertiary/aromatic N) is 8. The Balaban J connectivity index is 0.723. The number of hydrogen-bond acceptors (Lipinski definition) is 11. The number of aryl methyl sites for hydroxylation is 3. The maximum atomic E-state index is 14.0. The third kappa shape index (κ3) is 8.69. The van der Waals surface area contributed by atoms with E-state index in [2.05, 4.69) is 52.8 Å². The molecule has 1 saturated carbocycles. The number of hydrogen-bond donors (Lipinski definition) is 3. The first kappa shape index (κ1) is 46.4. The highest BCUT2D eigenvalue weighted by molar-refractivity contribution is 7.89. The Hall–Kier alpha value is -5.34. The van der Waals surface area contributed by atoms with Crippen LogP contribution in [0.5, 0.6) is 0 Å². The number of piperidine rings is 4. The molecule has 68 heavy (non-hydrogen) atoms. The van der Waals surface area contributed by atoms with E-state index < -0.39 is 33.7 Å². The Morgan fingerprint density at radius 3 is 2.34 bits per heavy atom. The Morgan fingerprint density at radius 1 is 0.926 bits per heavy atom. The number of rotatable bonds is 10. The van der Waals surface area contributed by atoms with Gasteiger partial charge in [-0.1, -0.05) is 19.9 Å². The van der Waals surface area contributed by atoms with Crippen molar-refractivity contribution < 1.29 is 35.8 Å². The number of imidazole rings is 1. The summed E-state index contributed by atoms with van der Waals surface area (Å²) in [7, 11) is -2.08. The molecule has 0 radical (unpaired) electrons. The summed E-state index contributed by atoms with van der Waals surface area (Å²) in [4.78, 5) is 53.3. The molecule has 11 rings (SSSR count). The minimum Gasteiger partial charge on any atom is -0.370 e. The van der Waals surface area contributed by atoms with Gasteiger partial charge in [-0.3, -0.25) is 28.9 Å². The molecule has 2 aromatic heterocycles. The zero-order chi connectivity index (χ0) is 48.0. The fourth-order valence-electron chi connectivity index (χ4n) is 11.9. The SMILES string of the molecule is Cc1cc(S(=O)(=O)NC2CC(N3C4CC3C[N+](=CC3CCN(c5c(C)ccc6c5n(C)c(=O)n6C5CCC(=O)NC5=O)CC3)C4)C2)ccc1Nc1ncc(C(F)(F)F)c(N2CCCC(C)(C)C2)n1. The first-order valence-corrected chi connectivity index (χ1v) is 25.5. The second-order valence-electron chi connectivity index (χ2n) is 20.9. The van der Waals surface area contributed by atoms with Gasteiger partial charge in [0.25, 0.3) is 0 Å². The van der Waals surface area contributed by atoms with E-state index in [4.69, 9.17) is 0 Å². The van der Waals surface area contributed by atoms with Crippen molar-refractivity contribution in [3.8, 4) is 0 Å². The topological polar surface area (TPSA) is 170 Å². The molecule has 364 valence electrons. The Morgan fingerprint density at radius 2 is 1.66 bits per heavy atom. The van der Waals surface area contributed by atoms with Crippen molar-refractivity contribution in [2.45, 2.75) is 127 Å². The van der Waals surface area contributed by atoms with E-state index in [1.54, 1.807) is 40.1 Å². The van der Waals surface area contributed by atoms with Gasteiger partial charge in [-0.05, 0) is 106 Å². The molecule has 1 aliphatic carbocycles. The minimum atomic E-state index is -4.62. The average molecular weight is 961 g/mol. The predicted molar refractivity (Wildman–Crippen MR) is 252 cm³/mol. The highest BCUT2D eigenvalue weighted by Crippen LogP contribution is 2.42. The molecule has 4 aromatic rings. The van der Waals surface area contributed by atoms with Gasteiger partial charge in [-0.15, -0.1) is 0 Å². The van der Waals surface area contributed by atoms with Crippen molar-refractivity contribution in [2.24, 2.45) is 18.4 Å². The molecule has 2 amide bonds. The second kappa shape index (κ2) is 17.3. The molecule has 20 heteroatoms. The van der Waals surface area contributed by atoms with Crippen LogP contribution in [0.15, 0.2) is 46.2 Å². The fourth-order valence-corrected chi connectivity index (χ4v) is 13.2. The smallest absolute Gasteiger partial charge is 0.370 e. The summed E-state index contributed by atoms with van der Waals surface area (Å²) in [5.74, 6) is -0.483. The summed E-state index contributed by atoms with van der Waals surface area (Å²) in [5, 5.41) is 5.42.